The molecular weight excluding hydrogens is 243 g/mol. The molecule has 1 heterocycles. The summed E-state index contributed by atoms with van der Waals surface area (Å²) >= 11 is 0. The Hall–Kier alpha value is -1.60. The van der Waals surface area contributed by atoms with Crippen molar-refractivity contribution in [2.24, 2.45) is 0 Å². The molecule has 0 saturated carbocycles. The van der Waals surface area contributed by atoms with Crippen molar-refractivity contribution < 1.29 is 9.13 Å². The third kappa shape index (κ3) is 3.24. The predicted octanol–water partition coefficient (Wildman–Crippen LogP) is 3.48. The van der Waals surface area contributed by atoms with Gasteiger partial charge >= 0.3 is 0 Å². The average molecular weight is 262 g/mol. The number of ether oxygens (including phenoxy) is 1. The fourth-order valence-corrected chi connectivity index (χ4v) is 2.52. The van der Waals surface area contributed by atoms with Crippen LogP contribution < -0.4 is 5.32 Å². The fourth-order valence-electron chi connectivity index (χ4n) is 2.52. The molecule has 0 bridgehead atoms. The van der Waals surface area contributed by atoms with Crippen LogP contribution in [0.1, 0.15) is 32.6 Å². The molecule has 0 aromatic heterocycles. The maximum absolute atomic E-state index is 13.7. The lowest BCUT2D eigenvalue weighted by atomic mass is 9.86. The first-order valence-electron chi connectivity index (χ1n) is 6.75. The Bertz CT molecular complexity index is 469. The predicted molar refractivity (Wildman–Crippen MR) is 72.2 cm³/mol. The van der Waals surface area contributed by atoms with E-state index in [4.69, 9.17) is 4.74 Å². The summed E-state index contributed by atoms with van der Waals surface area (Å²) in [6.07, 6.45) is 3.22. The van der Waals surface area contributed by atoms with Crippen LogP contribution >= 0.6 is 0 Å². The van der Waals surface area contributed by atoms with Crippen LogP contribution in [0.5, 0.6) is 0 Å². The second kappa shape index (κ2) is 6.03. The minimum Gasteiger partial charge on any atom is -0.378 e. The lowest BCUT2D eigenvalue weighted by molar-refractivity contribution is -0.00619. The van der Waals surface area contributed by atoms with Gasteiger partial charge in [-0.15, -0.1) is 0 Å². The summed E-state index contributed by atoms with van der Waals surface area (Å²) in [6.45, 7) is 2.63. The van der Waals surface area contributed by atoms with E-state index in [0.29, 0.717) is 25.1 Å². The van der Waals surface area contributed by atoms with Crippen LogP contribution in [0.15, 0.2) is 24.3 Å². The summed E-state index contributed by atoms with van der Waals surface area (Å²) in [5, 5.41) is 12.6. The second-order valence-electron chi connectivity index (χ2n) is 5.03. The monoisotopic (exact) mass is 262 g/mol. The second-order valence-corrected chi connectivity index (χ2v) is 5.03. The molecule has 2 unspecified atom stereocenters. The van der Waals surface area contributed by atoms with Crippen molar-refractivity contribution in [3.63, 3.8) is 0 Å². The molecule has 1 aromatic rings. The highest BCUT2D eigenvalue weighted by atomic mass is 19.1. The zero-order valence-electron chi connectivity index (χ0n) is 11.2. The van der Waals surface area contributed by atoms with Gasteiger partial charge in [-0.25, -0.2) is 4.39 Å². The van der Waals surface area contributed by atoms with E-state index < -0.39 is 5.54 Å². The number of nitrogens with zero attached hydrogens (tertiary/aromatic N) is 1. The van der Waals surface area contributed by atoms with Gasteiger partial charge in [0, 0.05) is 12.8 Å². The third-order valence-electron chi connectivity index (χ3n) is 3.53. The van der Waals surface area contributed by atoms with Crippen LogP contribution in [-0.2, 0) is 4.74 Å². The van der Waals surface area contributed by atoms with E-state index >= 15 is 0 Å². The van der Waals surface area contributed by atoms with Crippen LogP contribution in [0.4, 0.5) is 10.1 Å². The van der Waals surface area contributed by atoms with Crippen molar-refractivity contribution >= 4 is 5.69 Å². The maximum Gasteiger partial charge on any atom is 0.146 e. The van der Waals surface area contributed by atoms with E-state index in [9.17, 15) is 9.65 Å². The van der Waals surface area contributed by atoms with E-state index in [1.54, 1.807) is 18.2 Å². The molecular formula is C15H19FN2O. The largest absolute Gasteiger partial charge is 0.378 e. The van der Waals surface area contributed by atoms with Gasteiger partial charge in [-0.3, -0.25) is 0 Å². The molecule has 0 spiro atoms. The van der Waals surface area contributed by atoms with Crippen LogP contribution in [0.3, 0.4) is 0 Å². The molecule has 2 atom stereocenters. The lowest BCUT2D eigenvalue weighted by Gasteiger charge is -2.37. The molecule has 4 heteroatoms. The molecule has 1 aliphatic rings. The zero-order valence-corrected chi connectivity index (χ0v) is 11.2. The third-order valence-corrected chi connectivity index (χ3v) is 3.53. The smallest absolute Gasteiger partial charge is 0.146 e. The van der Waals surface area contributed by atoms with Gasteiger partial charge in [-0.2, -0.15) is 5.26 Å². The number of hydrogen-bond donors (Lipinski definition) is 1. The zero-order chi connectivity index (χ0) is 13.7. The Labute approximate surface area is 113 Å². The van der Waals surface area contributed by atoms with Gasteiger partial charge in [0.05, 0.1) is 24.5 Å². The van der Waals surface area contributed by atoms with E-state index in [1.165, 1.54) is 6.07 Å². The number of benzene rings is 1. The van der Waals surface area contributed by atoms with Crippen LogP contribution in [-0.4, -0.2) is 18.2 Å². The molecule has 102 valence electrons. The number of hydrogen-bond acceptors (Lipinski definition) is 3. The number of para-hydroxylation sites is 1. The summed E-state index contributed by atoms with van der Waals surface area (Å²) in [4.78, 5) is 0. The van der Waals surface area contributed by atoms with E-state index in [1.807, 2.05) is 0 Å². The van der Waals surface area contributed by atoms with Crippen molar-refractivity contribution in [1.82, 2.24) is 0 Å². The number of nitrogens with one attached hydrogen (secondary N) is 1. The van der Waals surface area contributed by atoms with Crippen LogP contribution in [0.2, 0.25) is 0 Å². The Morgan fingerprint density at radius 3 is 3.00 bits per heavy atom. The van der Waals surface area contributed by atoms with Gasteiger partial charge in [-0.05, 0) is 18.6 Å². The van der Waals surface area contributed by atoms with Gasteiger partial charge < -0.3 is 10.1 Å². The van der Waals surface area contributed by atoms with Crippen molar-refractivity contribution in [3.05, 3.63) is 30.1 Å². The van der Waals surface area contributed by atoms with Gasteiger partial charge in [0.2, 0.25) is 0 Å². The Morgan fingerprint density at radius 1 is 1.53 bits per heavy atom. The minimum absolute atomic E-state index is 0.0812. The SMILES string of the molecule is CCCC1CC(C#N)(Nc2ccccc2F)CCO1. The van der Waals surface area contributed by atoms with Crippen LogP contribution in [0, 0.1) is 17.1 Å². The summed E-state index contributed by atoms with van der Waals surface area (Å²) in [5.41, 5.74) is -0.332. The van der Waals surface area contributed by atoms with Gasteiger partial charge in [0.1, 0.15) is 11.4 Å². The molecule has 1 aliphatic heterocycles. The Kier molecular flexibility index (Phi) is 4.39. The number of halogens is 1. The highest BCUT2D eigenvalue weighted by Gasteiger charge is 2.37. The summed E-state index contributed by atoms with van der Waals surface area (Å²) in [6, 6.07) is 8.79. The normalized spacial score (nSPS) is 26.7. The first-order valence-corrected chi connectivity index (χ1v) is 6.75. The molecule has 1 aromatic carbocycles. The maximum atomic E-state index is 13.7. The first kappa shape index (κ1) is 13.8. The minimum atomic E-state index is -0.722. The molecule has 0 aliphatic carbocycles. The Morgan fingerprint density at radius 2 is 2.32 bits per heavy atom. The van der Waals surface area contributed by atoms with Gasteiger partial charge in [-0.1, -0.05) is 25.5 Å². The van der Waals surface area contributed by atoms with E-state index in [0.717, 1.165) is 12.8 Å². The topological polar surface area (TPSA) is 45.0 Å². The lowest BCUT2D eigenvalue weighted by Crippen LogP contribution is -2.46. The summed E-state index contributed by atoms with van der Waals surface area (Å²) in [5.74, 6) is -0.323. The summed E-state index contributed by atoms with van der Waals surface area (Å²) in [7, 11) is 0. The van der Waals surface area contributed by atoms with E-state index in [-0.39, 0.29) is 11.9 Å². The first-order chi connectivity index (χ1) is 9.19. The van der Waals surface area contributed by atoms with E-state index in [2.05, 4.69) is 18.3 Å². The number of rotatable bonds is 4. The summed E-state index contributed by atoms with van der Waals surface area (Å²) < 4.78 is 19.4. The van der Waals surface area contributed by atoms with Crippen molar-refractivity contribution in [2.45, 2.75) is 44.2 Å². The molecule has 1 N–H and O–H groups in total. The molecule has 2 rings (SSSR count). The molecule has 1 saturated heterocycles. The average Bonchev–Trinajstić information content (AvgIpc) is 2.42. The van der Waals surface area contributed by atoms with Gasteiger partial charge in [0.15, 0.2) is 0 Å². The highest BCUT2D eigenvalue weighted by Crippen LogP contribution is 2.31. The van der Waals surface area contributed by atoms with Crippen molar-refractivity contribution in [2.75, 3.05) is 11.9 Å². The number of nitriles is 1. The standard InChI is InChI=1S/C15H19FN2O/c1-2-5-12-10-15(11-17,8-9-19-12)18-14-7-4-3-6-13(14)16/h3-4,6-7,12,18H,2,5,8-10H2,1H3. The highest BCUT2D eigenvalue weighted by molar-refractivity contribution is 5.49. The number of anilines is 1. The molecule has 3 nitrogen and oxygen atoms in total. The molecule has 0 radical (unpaired) electrons. The molecule has 0 amide bonds. The Balaban J connectivity index is 2.15. The van der Waals surface area contributed by atoms with Gasteiger partial charge in [0.25, 0.3) is 0 Å². The van der Waals surface area contributed by atoms with Crippen molar-refractivity contribution in [3.8, 4) is 6.07 Å². The van der Waals surface area contributed by atoms with Crippen LogP contribution in [0.25, 0.3) is 0 Å². The van der Waals surface area contributed by atoms with Crippen molar-refractivity contribution in [1.29, 1.82) is 5.26 Å². The molecule has 1 fully saturated rings. The molecule has 19 heavy (non-hydrogen) atoms. The fraction of sp³-hybridized carbons (Fsp3) is 0.533. The quantitative estimate of drug-likeness (QED) is 0.903.